The van der Waals surface area contributed by atoms with Crippen LogP contribution in [0.5, 0.6) is 0 Å². The summed E-state index contributed by atoms with van der Waals surface area (Å²) in [6.07, 6.45) is -3.40. The van der Waals surface area contributed by atoms with Crippen LogP contribution in [0.4, 0.5) is 13.2 Å². The zero-order valence-electron chi connectivity index (χ0n) is 13.9. The first kappa shape index (κ1) is 19.2. The minimum atomic E-state index is -4.57. The van der Waals surface area contributed by atoms with E-state index in [0.29, 0.717) is 24.9 Å². The van der Waals surface area contributed by atoms with Gasteiger partial charge < -0.3 is 5.11 Å². The fourth-order valence-electron chi connectivity index (χ4n) is 3.41. The number of rotatable bonds is 4. The van der Waals surface area contributed by atoms with Gasteiger partial charge in [0.2, 0.25) is 0 Å². The average Bonchev–Trinajstić information content (AvgIpc) is 3.18. The van der Waals surface area contributed by atoms with E-state index in [9.17, 15) is 23.1 Å². The predicted octanol–water partition coefficient (Wildman–Crippen LogP) is 5.37. The van der Waals surface area contributed by atoms with Crippen molar-refractivity contribution in [2.75, 3.05) is 6.54 Å². The van der Waals surface area contributed by atoms with Gasteiger partial charge in [-0.05, 0) is 49.6 Å². The van der Waals surface area contributed by atoms with Crippen molar-refractivity contribution in [3.05, 3.63) is 56.2 Å². The van der Waals surface area contributed by atoms with Gasteiger partial charge in [0.25, 0.3) is 0 Å². The second-order valence-corrected chi connectivity index (χ2v) is 8.05. The van der Waals surface area contributed by atoms with Crippen LogP contribution >= 0.6 is 22.9 Å². The Morgan fingerprint density at radius 2 is 2.08 bits per heavy atom. The normalized spacial score (nSPS) is 19.7. The fourth-order valence-corrected chi connectivity index (χ4v) is 4.66. The molecule has 0 spiro atoms. The van der Waals surface area contributed by atoms with Crippen molar-refractivity contribution in [3.63, 3.8) is 0 Å². The fraction of sp³-hybridized carbons (Fsp3) is 0.389. The number of nitrogens with zero attached hydrogens (tertiary/aromatic N) is 1. The smallest absolute Gasteiger partial charge is 0.417 e. The number of hydrogen-bond donors (Lipinski definition) is 1. The summed E-state index contributed by atoms with van der Waals surface area (Å²) >= 11 is 7.21. The van der Waals surface area contributed by atoms with E-state index in [1.165, 1.54) is 17.4 Å². The molecule has 1 aromatic carbocycles. The monoisotopic (exact) mass is 403 g/mol. The largest absolute Gasteiger partial charge is 0.480 e. The lowest BCUT2D eigenvalue weighted by atomic mass is 9.99. The standard InChI is InChI=1S/C18H17ClF3NO2S/c1-10-4-7-15(26-10)16(23-8-2-3-14(23)17(24)25)11-5-6-13(19)12(9-11)18(20,21)22/h4-7,9,14,16H,2-3,8H2,1H3,(H,24,25). The minimum absolute atomic E-state index is 0.362. The van der Waals surface area contributed by atoms with Gasteiger partial charge in [-0.25, -0.2) is 0 Å². The number of aliphatic carboxylic acids is 1. The molecule has 8 heteroatoms. The van der Waals surface area contributed by atoms with Crippen molar-refractivity contribution in [1.82, 2.24) is 4.90 Å². The maximum absolute atomic E-state index is 13.3. The maximum Gasteiger partial charge on any atom is 0.417 e. The molecule has 140 valence electrons. The Kier molecular flexibility index (Phi) is 5.33. The maximum atomic E-state index is 13.3. The number of benzene rings is 1. The number of halogens is 4. The van der Waals surface area contributed by atoms with E-state index in [1.807, 2.05) is 19.1 Å². The van der Waals surface area contributed by atoms with Gasteiger partial charge in [-0.1, -0.05) is 17.7 Å². The van der Waals surface area contributed by atoms with Gasteiger partial charge in [0.15, 0.2) is 0 Å². The van der Waals surface area contributed by atoms with E-state index in [1.54, 1.807) is 11.0 Å². The molecular formula is C18H17ClF3NO2S. The van der Waals surface area contributed by atoms with Gasteiger partial charge >= 0.3 is 12.1 Å². The van der Waals surface area contributed by atoms with Crippen molar-refractivity contribution >= 4 is 28.9 Å². The lowest BCUT2D eigenvalue weighted by Crippen LogP contribution is -2.39. The first-order chi connectivity index (χ1) is 12.2. The molecule has 1 saturated heterocycles. The van der Waals surface area contributed by atoms with E-state index in [2.05, 4.69) is 0 Å². The first-order valence-electron chi connectivity index (χ1n) is 8.10. The molecule has 1 N–H and O–H groups in total. The Labute approximate surface area is 158 Å². The summed E-state index contributed by atoms with van der Waals surface area (Å²) in [6.45, 7) is 2.43. The Morgan fingerprint density at radius 3 is 2.65 bits per heavy atom. The van der Waals surface area contributed by atoms with Crippen molar-refractivity contribution in [3.8, 4) is 0 Å². The number of aryl methyl sites for hydroxylation is 1. The van der Waals surface area contributed by atoms with Gasteiger partial charge in [-0.15, -0.1) is 11.3 Å². The molecule has 2 unspecified atom stereocenters. The Bertz CT molecular complexity index is 821. The highest BCUT2D eigenvalue weighted by Crippen LogP contribution is 2.41. The molecule has 3 nitrogen and oxygen atoms in total. The Balaban J connectivity index is 2.11. The lowest BCUT2D eigenvalue weighted by molar-refractivity contribution is -0.143. The number of carbonyl (C=O) groups is 1. The summed E-state index contributed by atoms with van der Waals surface area (Å²) < 4.78 is 39.9. The van der Waals surface area contributed by atoms with Crippen molar-refractivity contribution < 1.29 is 23.1 Å². The van der Waals surface area contributed by atoms with Crippen LogP contribution in [0.1, 0.15) is 39.8 Å². The number of carboxylic acids is 1. The van der Waals surface area contributed by atoms with Gasteiger partial charge in [0.05, 0.1) is 16.6 Å². The van der Waals surface area contributed by atoms with Crippen LogP contribution in [0.25, 0.3) is 0 Å². The predicted molar refractivity (Wildman–Crippen MR) is 94.7 cm³/mol. The topological polar surface area (TPSA) is 40.5 Å². The zero-order valence-corrected chi connectivity index (χ0v) is 15.5. The van der Waals surface area contributed by atoms with Gasteiger partial charge in [-0.2, -0.15) is 13.2 Å². The van der Waals surface area contributed by atoms with Crippen LogP contribution in [0, 0.1) is 6.92 Å². The summed E-state index contributed by atoms with van der Waals surface area (Å²) in [7, 11) is 0. The molecule has 1 aliphatic heterocycles. The molecule has 3 rings (SSSR count). The molecule has 0 aliphatic carbocycles. The highest BCUT2D eigenvalue weighted by Gasteiger charge is 2.39. The first-order valence-corrected chi connectivity index (χ1v) is 9.29. The number of thiophene rings is 1. The molecule has 0 radical (unpaired) electrons. The second kappa shape index (κ2) is 7.21. The molecule has 2 heterocycles. The summed E-state index contributed by atoms with van der Waals surface area (Å²) in [6, 6.07) is 6.30. The highest BCUT2D eigenvalue weighted by atomic mass is 35.5. The second-order valence-electron chi connectivity index (χ2n) is 6.32. The number of likely N-dealkylation sites (tertiary alicyclic amines) is 1. The SMILES string of the molecule is Cc1ccc(C(c2ccc(Cl)c(C(F)(F)F)c2)N2CCCC2C(=O)O)s1. The highest BCUT2D eigenvalue weighted by molar-refractivity contribution is 7.12. The van der Waals surface area contributed by atoms with Crippen LogP contribution in [0.3, 0.4) is 0 Å². The van der Waals surface area contributed by atoms with Crippen molar-refractivity contribution in [2.24, 2.45) is 0 Å². The quantitative estimate of drug-likeness (QED) is 0.746. The van der Waals surface area contributed by atoms with Crippen LogP contribution in [-0.2, 0) is 11.0 Å². The molecular weight excluding hydrogens is 387 g/mol. The average molecular weight is 404 g/mol. The number of alkyl halides is 3. The van der Waals surface area contributed by atoms with E-state index < -0.39 is 29.8 Å². The van der Waals surface area contributed by atoms with Crippen molar-refractivity contribution in [1.29, 1.82) is 0 Å². The van der Waals surface area contributed by atoms with Crippen LogP contribution in [0.15, 0.2) is 30.3 Å². The van der Waals surface area contributed by atoms with Gasteiger partial charge in [0, 0.05) is 16.3 Å². The summed E-state index contributed by atoms with van der Waals surface area (Å²) in [5.74, 6) is -0.953. The molecule has 1 aliphatic rings. The molecule has 0 bridgehead atoms. The van der Waals surface area contributed by atoms with Crippen LogP contribution in [-0.4, -0.2) is 28.6 Å². The molecule has 2 aromatic rings. The van der Waals surface area contributed by atoms with E-state index in [4.69, 9.17) is 11.6 Å². The Hall–Kier alpha value is -1.57. The summed E-state index contributed by atoms with van der Waals surface area (Å²) in [5, 5.41) is 9.16. The summed E-state index contributed by atoms with van der Waals surface area (Å²) in [5.41, 5.74) is -0.502. The number of hydrogen-bond acceptors (Lipinski definition) is 3. The lowest BCUT2D eigenvalue weighted by Gasteiger charge is -2.31. The molecule has 1 fully saturated rings. The molecule has 2 atom stereocenters. The third kappa shape index (κ3) is 3.75. The minimum Gasteiger partial charge on any atom is -0.480 e. The van der Waals surface area contributed by atoms with Gasteiger partial charge in [0.1, 0.15) is 6.04 Å². The third-order valence-corrected chi connectivity index (χ3v) is 5.94. The molecule has 0 saturated carbocycles. The number of carboxylic acid groups (broad SMARTS) is 1. The van der Waals surface area contributed by atoms with E-state index in [-0.39, 0.29) is 5.02 Å². The molecule has 0 amide bonds. The summed E-state index contributed by atoms with van der Waals surface area (Å²) in [4.78, 5) is 15.2. The van der Waals surface area contributed by atoms with E-state index in [0.717, 1.165) is 15.8 Å². The van der Waals surface area contributed by atoms with E-state index >= 15 is 0 Å². The van der Waals surface area contributed by atoms with Crippen LogP contribution < -0.4 is 0 Å². The Morgan fingerprint density at radius 1 is 1.35 bits per heavy atom. The molecule has 26 heavy (non-hydrogen) atoms. The van der Waals surface area contributed by atoms with Gasteiger partial charge in [-0.3, -0.25) is 9.69 Å². The van der Waals surface area contributed by atoms with Crippen LogP contribution in [0.2, 0.25) is 5.02 Å². The zero-order chi connectivity index (χ0) is 19.1. The third-order valence-electron chi connectivity index (χ3n) is 4.55. The molecule has 1 aromatic heterocycles. The van der Waals surface area contributed by atoms with Crippen molar-refractivity contribution in [2.45, 2.75) is 38.0 Å².